The zero-order chi connectivity index (χ0) is 21.3. The van der Waals surface area contributed by atoms with E-state index < -0.39 is 11.9 Å². The van der Waals surface area contributed by atoms with Gasteiger partial charge in [-0.05, 0) is 43.0 Å². The molecule has 2 heterocycles. The number of aromatic nitrogens is 2. The summed E-state index contributed by atoms with van der Waals surface area (Å²) in [6, 6.07) is 7.76. The number of nitrogens with two attached hydrogens (primary N) is 1. The topological polar surface area (TPSA) is 81.2 Å². The number of piperidine rings is 1. The second-order valence-corrected chi connectivity index (χ2v) is 8.62. The van der Waals surface area contributed by atoms with Crippen molar-refractivity contribution in [1.82, 2.24) is 14.7 Å². The van der Waals surface area contributed by atoms with Crippen LogP contribution in [-0.4, -0.2) is 44.7 Å². The first kappa shape index (κ1) is 23.5. The number of likely N-dealkylation sites (tertiary alicyclic amines) is 1. The Balaban J connectivity index is 0.00000272. The Kier molecular flexibility index (Phi) is 7.56. The van der Waals surface area contributed by atoms with E-state index in [4.69, 9.17) is 18.4 Å². The molecule has 1 aliphatic carbocycles. The third kappa shape index (κ3) is 5.56. The van der Waals surface area contributed by atoms with Crippen LogP contribution in [0, 0.1) is 11.7 Å². The Morgan fingerprint density at radius 1 is 1.26 bits per heavy atom. The van der Waals surface area contributed by atoms with E-state index >= 15 is 0 Å². The van der Waals surface area contributed by atoms with Crippen molar-refractivity contribution >= 4 is 42.8 Å². The van der Waals surface area contributed by atoms with Crippen molar-refractivity contribution in [2.75, 3.05) is 13.1 Å². The predicted molar refractivity (Wildman–Crippen MR) is 122 cm³/mol. The van der Waals surface area contributed by atoms with Crippen LogP contribution < -0.4 is 5.73 Å². The zero-order valence-corrected chi connectivity index (χ0v) is 18.7. The van der Waals surface area contributed by atoms with Crippen LogP contribution in [0.2, 0.25) is 0 Å². The second kappa shape index (κ2) is 9.97. The number of hydrogen-bond acceptors (Lipinski definition) is 5. The molecular formula is C22H26ClFN4O2S. The minimum absolute atomic E-state index is 0. The highest BCUT2D eigenvalue weighted by Crippen LogP contribution is 2.39. The molecule has 31 heavy (non-hydrogen) atoms. The molecule has 9 heteroatoms. The van der Waals surface area contributed by atoms with E-state index in [-0.39, 0.29) is 41.7 Å². The monoisotopic (exact) mass is 464 g/mol. The first-order chi connectivity index (χ1) is 14.4. The van der Waals surface area contributed by atoms with Crippen molar-refractivity contribution in [3.63, 3.8) is 0 Å². The maximum atomic E-state index is 14.6. The summed E-state index contributed by atoms with van der Waals surface area (Å²) in [6.07, 6.45) is 6.14. The molecule has 2 atom stereocenters. The van der Waals surface area contributed by atoms with Crippen LogP contribution in [0.1, 0.15) is 36.6 Å². The number of nitrogens with zero attached hydrogens (tertiary/aromatic N) is 3. The number of Topliss-reactive ketones (excluding diaryl/α,β-unsaturated/α-hetero) is 1. The summed E-state index contributed by atoms with van der Waals surface area (Å²) < 4.78 is 16.1. The van der Waals surface area contributed by atoms with Gasteiger partial charge < -0.3 is 5.73 Å². The van der Waals surface area contributed by atoms with Crippen LogP contribution in [0.5, 0.6) is 0 Å². The van der Waals surface area contributed by atoms with E-state index in [1.807, 2.05) is 6.08 Å². The Morgan fingerprint density at radius 3 is 2.68 bits per heavy atom. The van der Waals surface area contributed by atoms with Crippen molar-refractivity contribution < 1.29 is 14.0 Å². The Bertz CT molecular complexity index is 991. The molecule has 2 N–H and O–H groups in total. The molecule has 166 valence electrons. The lowest BCUT2D eigenvalue weighted by atomic mass is 9.93. The Hall–Kier alpha value is -2.16. The lowest BCUT2D eigenvalue weighted by Crippen LogP contribution is -2.42. The van der Waals surface area contributed by atoms with Gasteiger partial charge in [-0.1, -0.05) is 18.2 Å². The summed E-state index contributed by atoms with van der Waals surface area (Å²) in [5, 5.41) is 4.38. The third-order valence-electron chi connectivity index (χ3n) is 5.63. The van der Waals surface area contributed by atoms with Crippen LogP contribution in [0.15, 0.2) is 42.1 Å². The van der Waals surface area contributed by atoms with Crippen molar-refractivity contribution in [3.05, 3.63) is 59.2 Å². The fraction of sp³-hybridized carbons (Fsp3) is 0.409. The fourth-order valence-electron chi connectivity index (χ4n) is 3.96. The highest BCUT2D eigenvalue weighted by molar-refractivity contribution is 7.81. The van der Waals surface area contributed by atoms with E-state index in [0.717, 1.165) is 24.8 Å². The van der Waals surface area contributed by atoms with Crippen LogP contribution in [0.25, 0.3) is 6.08 Å². The number of thiol groups is 1. The van der Waals surface area contributed by atoms with Crippen molar-refractivity contribution in [1.29, 1.82) is 0 Å². The summed E-state index contributed by atoms with van der Waals surface area (Å²) >= 11 is 4.71. The molecule has 2 unspecified atom stereocenters. The molecular weight excluding hydrogens is 439 g/mol. The molecule has 1 saturated carbocycles. The van der Waals surface area contributed by atoms with Crippen LogP contribution >= 0.6 is 25.0 Å². The van der Waals surface area contributed by atoms with Crippen molar-refractivity contribution in [2.24, 2.45) is 11.7 Å². The van der Waals surface area contributed by atoms with E-state index in [2.05, 4.69) is 10.00 Å². The largest absolute Gasteiger partial charge is 0.368 e. The van der Waals surface area contributed by atoms with Gasteiger partial charge in [0.05, 0.1) is 11.7 Å². The van der Waals surface area contributed by atoms with E-state index in [9.17, 15) is 14.0 Å². The first-order valence-corrected chi connectivity index (χ1v) is 10.7. The van der Waals surface area contributed by atoms with Crippen LogP contribution in [0.3, 0.4) is 0 Å². The van der Waals surface area contributed by atoms with E-state index in [1.54, 1.807) is 30.5 Å². The fourth-order valence-corrected chi connectivity index (χ4v) is 4.24. The van der Waals surface area contributed by atoms with E-state index in [1.165, 1.54) is 10.7 Å². The molecule has 0 radical (unpaired) electrons. The lowest BCUT2D eigenvalue weighted by molar-refractivity contribution is -0.126. The quantitative estimate of drug-likeness (QED) is 0.617. The van der Waals surface area contributed by atoms with Gasteiger partial charge in [-0.3, -0.25) is 19.2 Å². The highest BCUT2D eigenvalue weighted by Gasteiger charge is 2.40. The molecule has 1 amide bonds. The van der Waals surface area contributed by atoms with Gasteiger partial charge in [0, 0.05) is 36.0 Å². The molecule has 1 saturated heterocycles. The number of rotatable bonds is 7. The number of halogens is 2. The number of carbonyl (C=O) groups excluding carboxylic acids is 2. The summed E-state index contributed by atoms with van der Waals surface area (Å²) in [6.45, 7) is 1.19. The molecule has 2 fully saturated rings. The molecule has 1 aromatic carbocycles. The number of benzene rings is 1. The first-order valence-electron chi connectivity index (χ1n) is 10.1. The maximum Gasteiger partial charge on any atom is 0.239 e. The van der Waals surface area contributed by atoms with Gasteiger partial charge in [0.15, 0.2) is 5.78 Å². The number of amides is 1. The van der Waals surface area contributed by atoms with Crippen LogP contribution in [-0.2, 0) is 16.1 Å². The normalized spacial score (nSPS) is 21.5. The number of ketones is 1. The molecule has 1 aliphatic heterocycles. The molecule has 4 rings (SSSR count). The number of hydrogen-bond donors (Lipinski definition) is 2. The zero-order valence-electron chi connectivity index (χ0n) is 17.0. The van der Waals surface area contributed by atoms with Gasteiger partial charge >= 0.3 is 0 Å². The molecule has 0 bridgehead atoms. The van der Waals surface area contributed by atoms with Gasteiger partial charge in [-0.2, -0.15) is 17.7 Å². The Labute approximate surface area is 192 Å². The standard InChI is InChI=1S/C22H25FN4O2S.ClH/c23-18-4-2-1-3-17(18)21(22(29)14-5-6-14)26-9-8-19(30)15(12-26)11-16-7-10-27(25-16)13-20(24)28;/h1-4,7,10-11,14,19,21,30H,5-6,8-9,12-13H2,(H2,24,28);1H/b15-11+;. The van der Waals surface area contributed by atoms with Crippen molar-refractivity contribution in [2.45, 2.75) is 37.1 Å². The smallest absolute Gasteiger partial charge is 0.239 e. The Morgan fingerprint density at radius 2 is 2.00 bits per heavy atom. The SMILES string of the molecule is Cl.NC(=O)Cn1ccc(/C=C2\CN(C(C(=O)C3CC3)c3ccccc3F)CCC2S)n1. The minimum atomic E-state index is -0.588. The maximum absolute atomic E-state index is 14.6. The molecule has 1 aromatic heterocycles. The second-order valence-electron chi connectivity index (χ2n) is 8.00. The summed E-state index contributed by atoms with van der Waals surface area (Å²) in [7, 11) is 0. The molecule has 2 aliphatic rings. The summed E-state index contributed by atoms with van der Waals surface area (Å²) in [5.41, 5.74) is 7.37. The predicted octanol–water partition coefficient (Wildman–Crippen LogP) is 3.04. The lowest BCUT2D eigenvalue weighted by Gasteiger charge is -2.37. The van der Waals surface area contributed by atoms with Gasteiger partial charge in [-0.15, -0.1) is 12.4 Å². The van der Waals surface area contributed by atoms with Gasteiger partial charge in [0.1, 0.15) is 12.4 Å². The molecule has 0 spiro atoms. The molecule has 2 aromatic rings. The number of carbonyl (C=O) groups is 2. The van der Waals surface area contributed by atoms with E-state index in [0.29, 0.717) is 24.3 Å². The van der Waals surface area contributed by atoms with Crippen LogP contribution in [0.4, 0.5) is 4.39 Å². The van der Waals surface area contributed by atoms with Crippen molar-refractivity contribution in [3.8, 4) is 0 Å². The average molecular weight is 465 g/mol. The number of primary amides is 1. The van der Waals surface area contributed by atoms with Gasteiger partial charge in [0.2, 0.25) is 5.91 Å². The third-order valence-corrected chi connectivity index (χ3v) is 6.22. The summed E-state index contributed by atoms with van der Waals surface area (Å²) in [5.74, 6) is -0.678. The van der Waals surface area contributed by atoms with Gasteiger partial charge in [-0.25, -0.2) is 4.39 Å². The average Bonchev–Trinajstić information content (AvgIpc) is 3.47. The minimum Gasteiger partial charge on any atom is -0.368 e. The van der Waals surface area contributed by atoms with Gasteiger partial charge in [0.25, 0.3) is 0 Å². The molecule has 6 nitrogen and oxygen atoms in total. The summed E-state index contributed by atoms with van der Waals surface area (Å²) in [4.78, 5) is 26.2. The highest BCUT2D eigenvalue weighted by atomic mass is 35.5.